The number of carbonyl (C=O) groups excluding carboxylic acids is 2. The Morgan fingerprint density at radius 3 is 1.68 bits per heavy atom. The summed E-state index contributed by atoms with van der Waals surface area (Å²) in [5.41, 5.74) is 1.83. The second-order valence-corrected chi connectivity index (χ2v) is 5.51. The van der Waals surface area contributed by atoms with E-state index in [0.29, 0.717) is 28.0 Å². The largest absolute Gasteiger partial charge is 0.508 e. The molecule has 0 aliphatic heterocycles. The van der Waals surface area contributed by atoms with Crippen molar-refractivity contribution in [1.82, 2.24) is 0 Å². The molecule has 0 saturated carbocycles. The first-order valence-electron chi connectivity index (χ1n) is 7.71. The molecule has 0 amide bonds. The van der Waals surface area contributed by atoms with Crippen molar-refractivity contribution in [3.05, 3.63) is 95.1 Å². The summed E-state index contributed by atoms with van der Waals surface area (Å²) in [6.07, 6.45) is 0. The first-order valence-corrected chi connectivity index (χ1v) is 7.71. The highest BCUT2D eigenvalue weighted by atomic mass is 16.5. The van der Waals surface area contributed by atoms with Crippen molar-refractivity contribution < 1.29 is 19.4 Å². The van der Waals surface area contributed by atoms with Gasteiger partial charge < -0.3 is 9.84 Å². The summed E-state index contributed by atoms with van der Waals surface area (Å²) in [5, 5.41) is 9.32. The standard InChI is InChI=1S/C21H16O4/c1-25-19-11-7-15(8-12-19)21(24)17-4-2-3-16(13-17)20(23)14-5-9-18(22)10-6-14/h2-13,22H,1H3. The van der Waals surface area contributed by atoms with Gasteiger partial charge >= 0.3 is 0 Å². The van der Waals surface area contributed by atoms with Crippen LogP contribution >= 0.6 is 0 Å². The lowest BCUT2D eigenvalue weighted by Crippen LogP contribution is -2.05. The second kappa shape index (κ2) is 7.01. The molecule has 3 rings (SSSR count). The SMILES string of the molecule is COc1ccc(C(=O)c2cccc(C(=O)c3ccc(O)cc3)c2)cc1. The van der Waals surface area contributed by atoms with Gasteiger partial charge in [0.05, 0.1) is 7.11 Å². The van der Waals surface area contributed by atoms with Crippen LogP contribution in [0, 0.1) is 0 Å². The lowest BCUT2D eigenvalue weighted by Gasteiger charge is -2.06. The molecule has 0 aromatic heterocycles. The van der Waals surface area contributed by atoms with Gasteiger partial charge in [-0.15, -0.1) is 0 Å². The molecule has 0 spiro atoms. The number of hydrogen-bond donors (Lipinski definition) is 1. The predicted octanol–water partition coefficient (Wildman–Crippen LogP) is 3.86. The highest BCUT2D eigenvalue weighted by Gasteiger charge is 2.14. The van der Waals surface area contributed by atoms with Crippen molar-refractivity contribution in [3.8, 4) is 11.5 Å². The minimum atomic E-state index is -0.204. The number of benzene rings is 3. The van der Waals surface area contributed by atoms with Crippen LogP contribution < -0.4 is 4.74 Å². The van der Waals surface area contributed by atoms with E-state index in [9.17, 15) is 14.7 Å². The van der Waals surface area contributed by atoms with E-state index in [1.54, 1.807) is 67.8 Å². The monoisotopic (exact) mass is 332 g/mol. The van der Waals surface area contributed by atoms with E-state index in [2.05, 4.69) is 0 Å². The number of phenols is 1. The quantitative estimate of drug-likeness (QED) is 0.721. The molecule has 0 radical (unpaired) electrons. The molecule has 0 unspecified atom stereocenters. The number of ether oxygens (including phenoxy) is 1. The van der Waals surface area contributed by atoms with Crippen molar-refractivity contribution >= 4 is 11.6 Å². The molecule has 0 saturated heterocycles. The number of hydrogen-bond acceptors (Lipinski definition) is 4. The maximum Gasteiger partial charge on any atom is 0.193 e. The normalized spacial score (nSPS) is 10.3. The van der Waals surface area contributed by atoms with Gasteiger partial charge in [0.2, 0.25) is 0 Å². The molecule has 1 N–H and O–H groups in total. The summed E-state index contributed by atoms with van der Waals surface area (Å²) >= 11 is 0. The minimum absolute atomic E-state index is 0.0972. The van der Waals surface area contributed by atoms with Crippen LogP contribution in [0.2, 0.25) is 0 Å². The van der Waals surface area contributed by atoms with E-state index in [-0.39, 0.29) is 17.3 Å². The molecular formula is C21H16O4. The van der Waals surface area contributed by atoms with Gasteiger partial charge in [-0.3, -0.25) is 9.59 Å². The number of ketones is 2. The summed E-state index contributed by atoms with van der Waals surface area (Å²) in [5.74, 6) is 0.403. The number of aromatic hydroxyl groups is 1. The molecule has 0 aliphatic carbocycles. The molecule has 124 valence electrons. The number of methoxy groups -OCH3 is 1. The van der Waals surface area contributed by atoms with Crippen LogP contribution in [0.15, 0.2) is 72.8 Å². The Morgan fingerprint density at radius 1 is 0.720 bits per heavy atom. The van der Waals surface area contributed by atoms with Gasteiger partial charge in [-0.05, 0) is 54.6 Å². The first kappa shape index (κ1) is 16.5. The van der Waals surface area contributed by atoms with Crippen LogP contribution in [0.25, 0.3) is 0 Å². The zero-order valence-corrected chi connectivity index (χ0v) is 13.6. The van der Waals surface area contributed by atoms with Crippen LogP contribution in [0.1, 0.15) is 31.8 Å². The third kappa shape index (κ3) is 3.58. The van der Waals surface area contributed by atoms with Crippen LogP contribution in [-0.4, -0.2) is 23.8 Å². The summed E-state index contributed by atoms with van der Waals surface area (Å²) in [6, 6.07) is 19.5. The molecule has 0 bridgehead atoms. The molecule has 4 heteroatoms. The van der Waals surface area contributed by atoms with Gasteiger partial charge in [-0.1, -0.05) is 18.2 Å². The molecule has 25 heavy (non-hydrogen) atoms. The van der Waals surface area contributed by atoms with Crippen molar-refractivity contribution in [2.75, 3.05) is 7.11 Å². The molecular weight excluding hydrogens is 316 g/mol. The van der Waals surface area contributed by atoms with Crippen LogP contribution in [0.3, 0.4) is 0 Å². The molecule has 0 aliphatic rings. The molecule has 3 aromatic rings. The van der Waals surface area contributed by atoms with Crippen molar-refractivity contribution in [2.24, 2.45) is 0 Å². The van der Waals surface area contributed by atoms with E-state index in [4.69, 9.17) is 4.74 Å². The van der Waals surface area contributed by atoms with E-state index in [1.807, 2.05) is 0 Å². The fraction of sp³-hybridized carbons (Fsp3) is 0.0476. The smallest absolute Gasteiger partial charge is 0.193 e. The van der Waals surface area contributed by atoms with Gasteiger partial charge in [0, 0.05) is 22.3 Å². The van der Waals surface area contributed by atoms with Crippen molar-refractivity contribution in [3.63, 3.8) is 0 Å². The third-order valence-electron chi connectivity index (χ3n) is 3.87. The van der Waals surface area contributed by atoms with Gasteiger partial charge in [0.15, 0.2) is 11.6 Å². The van der Waals surface area contributed by atoms with Crippen molar-refractivity contribution in [1.29, 1.82) is 0 Å². The van der Waals surface area contributed by atoms with Gasteiger partial charge in [-0.25, -0.2) is 0 Å². The maximum absolute atomic E-state index is 12.6. The number of carbonyl (C=O) groups is 2. The molecule has 4 nitrogen and oxygen atoms in total. The van der Waals surface area contributed by atoms with E-state index in [1.165, 1.54) is 12.1 Å². The predicted molar refractivity (Wildman–Crippen MR) is 94.4 cm³/mol. The second-order valence-electron chi connectivity index (χ2n) is 5.51. The minimum Gasteiger partial charge on any atom is -0.508 e. The van der Waals surface area contributed by atoms with Gasteiger partial charge in [-0.2, -0.15) is 0 Å². The Balaban J connectivity index is 1.88. The highest BCUT2D eigenvalue weighted by Crippen LogP contribution is 2.18. The summed E-state index contributed by atoms with van der Waals surface area (Å²) in [7, 11) is 1.56. The maximum atomic E-state index is 12.6. The average molecular weight is 332 g/mol. The lowest BCUT2D eigenvalue weighted by atomic mass is 9.97. The Labute approximate surface area is 145 Å². The molecule has 0 atom stereocenters. The molecule has 0 fully saturated rings. The Morgan fingerprint density at radius 2 is 1.20 bits per heavy atom. The fourth-order valence-electron chi connectivity index (χ4n) is 2.49. The number of rotatable bonds is 5. The number of phenolic OH excluding ortho intramolecular Hbond substituents is 1. The summed E-state index contributed by atoms with van der Waals surface area (Å²) in [4.78, 5) is 25.2. The zero-order chi connectivity index (χ0) is 17.8. The Kier molecular flexibility index (Phi) is 4.61. The van der Waals surface area contributed by atoms with Gasteiger partial charge in [0.1, 0.15) is 11.5 Å². The van der Waals surface area contributed by atoms with Crippen LogP contribution in [-0.2, 0) is 0 Å². The Bertz CT molecular complexity index is 909. The lowest BCUT2D eigenvalue weighted by molar-refractivity contribution is 0.103. The van der Waals surface area contributed by atoms with E-state index in [0.717, 1.165) is 0 Å². The fourth-order valence-corrected chi connectivity index (χ4v) is 2.49. The highest BCUT2D eigenvalue weighted by molar-refractivity contribution is 6.13. The van der Waals surface area contributed by atoms with Crippen molar-refractivity contribution in [2.45, 2.75) is 0 Å². The zero-order valence-electron chi connectivity index (χ0n) is 13.6. The first-order chi connectivity index (χ1) is 12.1. The molecule has 3 aromatic carbocycles. The summed E-state index contributed by atoms with van der Waals surface area (Å²) < 4.78 is 5.09. The van der Waals surface area contributed by atoms with E-state index < -0.39 is 0 Å². The van der Waals surface area contributed by atoms with Crippen LogP contribution in [0.5, 0.6) is 11.5 Å². The van der Waals surface area contributed by atoms with E-state index >= 15 is 0 Å². The van der Waals surface area contributed by atoms with Gasteiger partial charge in [0.25, 0.3) is 0 Å². The average Bonchev–Trinajstić information content (AvgIpc) is 2.67. The third-order valence-corrected chi connectivity index (χ3v) is 3.87. The summed E-state index contributed by atoms with van der Waals surface area (Å²) in [6.45, 7) is 0. The topological polar surface area (TPSA) is 63.6 Å². The Hall–Kier alpha value is -3.40. The molecule has 0 heterocycles. The van der Waals surface area contributed by atoms with Crippen LogP contribution in [0.4, 0.5) is 0 Å².